The van der Waals surface area contributed by atoms with Crippen LogP contribution < -0.4 is 10.2 Å². The maximum Gasteiger partial charge on any atom is 0.416 e. The number of carbonyl (C=O) groups is 1. The molecule has 4 rings (SSSR count). The van der Waals surface area contributed by atoms with Gasteiger partial charge < -0.3 is 5.32 Å². The van der Waals surface area contributed by atoms with E-state index < -0.39 is 40.4 Å². The van der Waals surface area contributed by atoms with E-state index in [1.165, 1.54) is 42.5 Å². The first-order chi connectivity index (χ1) is 16.8. The second-order valence-electron chi connectivity index (χ2n) is 7.80. The van der Waals surface area contributed by atoms with E-state index in [1.807, 2.05) is 0 Å². The van der Waals surface area contributed by atoms with Crippen molar-refractivity contribution in [3.8, 4) is 0 Å². The van der Waals surface area contributed by atoms with Crippen LogP contribution in [0.15, 0.2) is 84.6 Å². The second kappa shape index (κ2) is 9.02. The molecule has 1 aliphatic heterocycles. The molecule has 0 bridgehead atoms. The monoisotopic (exact) mass is 507 g/mol. The van der Waals surface area contributed by atoms with Crippen molar-refractivity contribution in [3.05, 3.63) is 111 Å². The molecule has 12 heteroatoms. The van der Waals surface area contributed by atoms with Gasteiger partial charge in [0, 0.05) is 23.5 Å². The lowest BCUT2D eigenvalue weighted by molar-refractivity contribution is -0.384. The van der Waals surface area contributed by atoms with Crippen LogP contribution in [-0.4, -0.2) is 10.8 Å². The number of anilines is 2. The molecule has 1 atom stereocenters. The number of non-ortho nitro benzene ring substituents is 1. The SMILES string of the molecule is O=C1C(Nc2cccc(C(F)(F)F)c2)=C[C@H](c2ccc([N+](=O)[O-])cc2)N1c1cccc(C(F)(F)F)c1. The molecular weight excluding hydrogens is 492 g/mol. The average molecular weight is 507 g/mol. The number of alkyl halides is 6. The van der Waals surface area contributed by atoms with Crippen LogP contribution in [0.3, 0.4) is 0 Å². The van der Waals surface area contributed by atoms with Gasteiger partial charge in [0.25, 0.3) is 11.6 Å². The number of amides is 1. The molecule has 1 amide bonds. The number of rotatable bonds is 5. The summed E-state index contributed by atoms with van der Waals surface area (Å²) in [5.41, 5.74) is -2.20. The Balaban J connectivity index is 1.75. The van der Waals surface area contributed by atoms with Gasteiger partial charge in [-0.3, -0.25) is 19.8 Å². The lowest BCUT2D eigenvalue weighted by atomic mass is 10.0. The van der Waals surface area contributed by atoms with Crippen molar-refractivity contribution in [1.82, 2.24) is 0 Å². The van der Waals surface area contributed by atoms with Crippen LogP contribution in [0, 0.1) is 10.1 Å². The molecule has 1 aliphatic rings. The Morgan fingerprint density at radius 3 is 2.00 bits per heavy atom. The Kier molecular flexibility index (Phi) is 6.21. The van der Waals surface area contributed by atoms with Gasteiger partial charge in [0.1, 0.15) is 5.70 Å². The summed E-state index contributed by atoms with van der Waals surface area (Å²) in [5.74, 6) is -0.796. The Labute approximate surface area is 199 Å². The van der Waals surface area contributed by atoms with Gasteiger partial charge in [-0.25, -0.2) is 0 Å². The molecule has 0 fully saturated rings. The summed E-state index contributed by atoms with van der Waals surface area (Å²) in [4.78, 5) is 24.7. The summed E-state index contributed by atoms with van der Waals surface area (Å²) >= 11 is 0. The summed E-state index contributed by atoms with van der Waals surface area (Å²) < 4.78 is 79.2. The van der Waals surface area contributed by atoms with E-state index >= 15 is 0 Å². The van der Waals surface area contributed by atoms with Crippen molar-refractivity contribution in [2.45, 2.75) is 18.4 Å². The smallest absolute Gasteiger partial charge is 0.351 e. The van der Waals surface area contributed by atoms with Gasteiger partial charge in [-0.2, -0.15) is 26.3 Å². The maximum atomic E-state index is 13.3. The van der Waals surface area contributed by atoms with Crippen molar-refractivity contribution in [3.63, 3.8) is 0 Å². The minimum atomic E-state index is -4.69. The van der Waals surface area contributed by atoms with Gasteiger partial charge in [-0.1, -0.05) is 12.1 Å². The molecule has 0 unspecified atom stereocenters. The van der Waals surface area contributed by atoms with Crippen molar-refractivity contribution in [2.75, 3.05) is 10.2 Å². The zero-order chi connectivity index (χ0) is 26.3. The number of nitrogens with one attached hydrogen (secondary N) is 1. The zero-order valence-corrected chi connectivity index (χ0v) is 18.0. The normalized spacial score (nSPS) is 16.2. The van der Waals surface area contributed by atoms with E-state index in [2.05, 4.69) is 5.32 Å². The van der Waals surface area contributed by atoms with Gasteiger partial charge in [-0.15, -0.1) is 0 Å². The number of benzene rings is 3. The van der Waals surface area contributed by atoms with Gasteiger partial charge in [-0.05, 0) is 60.2 Å². The highest BCUT2D eigenvalue weighted by molar-refractivity contribution is 6.11. The van der Waals surface area contributed by atoms with Gasteiger partial charge in [0.05, 0.1) is 22.1 Å². The predicted octanol–water partition coefficient (Wildman–Crippen LogP) is 6.72. The fourth-order valence-electron chi connectivity index (χ4n) is 3.73. The number of nitrogens with zero attached hydrogens (tertiary/aromatic N) is 2. The highest BCUT2D eigenvalue weighted by Gasteiger charge is 2.37. The lowest BCUT2D eigenvalue weighted by Crippen LogP contribution is -2.31. The molecule has 0 radical (unpaired) electrons. The van der Waals surface area contributed by atoms with E-state index in [0.717, 1.165) is 41.3 Å². The molecule has 1 heterocycles. The topological polar surface area (TPSA) is 75.5 Å². The third-order valence-corrected chi connectivity index (χ3v) is 5.42. The first-order valence-electron chi connectivity index (χ1n) is 10.3. The van der Waals surface area contributed by atoms with E-state index in [0.29, 0.717) is 5.56 Å². The standard InChI is InChI=1S/C24H15F6N3O3/c25-23(26,27)15-3-1-5-17(11-15)31-20-13-21(14-7-9-18(10-8-14)33(35)36)32(22(20)34)19-6-2-4-16(12-19)24(28,29)30/h1-13,21,31H/t21-/m1/s1. The fourth-order valence-corrected chi connectivity index (χ4v) is 3.73. The van der Waals surface area contributed by atoms with E-state index in [-0.39, 0.29) is 22.8 Å². The van der Waals surface area contributed by atoms with Crippen LogP contribution >= 0.6 is 0 Å². The quantitative estimate of drug-likeness (QED) is 0.237. The molecule has 1 N–H and O–H groups in total. The first-order valence-corrected chi connectivity index (χ1v) is 10.3. The fraction of sp³-hybridized carbons (Fsp3) is 0.125. The van der Waals surface area contributed by atoms with Crippen molar-refractivity contribution < 1.29 is 36.1 Å². The number of carbonyl (C=O) groups excluding carboxylic acids is 1. The first kappa shape index (κ1) is 24.8. The van der Waals surface area contributed by atoms with Gasteiger partial charge >= 0.3 is 12.4 Å². The lowest BCUT2D eigenvalue weighted by Gasteiger charge is -2.26. The molecule has 186 valence electrons. The molecule has 0 saturated carbocycles. The molecule has 36 heavy (non-hydrogen) atoms. The Morgan fingerprint density at radius 1 is 0.833 bits per heavy atom. The second-order valence-corrected chi connectivity index (χ2v) is 7.80. The summed E-state index contributed by atoms with van der Waals surface area (Å²) in [6.07, 6.45) is -7.98. The molecule has 0 aromatic heterocycles. The number of halogens is 6. The van der Waals surface area contributed by atoms with E-state index in [1.54, 1.807) is 0 Å². The zero-order valence-electron chi connectivity index (χ0n) is 18.0. The predicted molar refractivity (Wildman–Crippen MR) is 118 cm³/mol. The summed E-state index contributed by atoms with van der Waals surface area (Å²) in [6.45, 7) is 0. The minimum Gasteiger partial charge on any atom is -0.351 e. The van der Waals surface area contributed by atoms with Crippen LogP contribution in [0.5, 0.6) is 0 Å². The molecule has 0 aliphatic carbocycles. The van der Waals surface area contributed by atoms with E-state index in [9.17, 15) is 41.3 Å². The van der Waals surface area contributed by atoms with Crippen molar-refractivity contribution in [1.29, 1.82) is 0 Å². The molecule has 0 saturated heterocycles. The van der Waals surface area contributed by atoms with E-state index in [4.69, 9.17) is 0 Å². The maximum absolute atomic E-state index is 13.3. The van der Waals surface area contributed by atoms with Crippen LogP contribution in [-0.2, 0) is 17.1 Å². The summed E-state index contributed by atoms with van der Waals surface area (Å²) in [5, 5.41) is 13.6. The molecule has 0 spiro atoms. The Bertz CT molecular complexity index is 1350. The average Bonchev–Trinajstić information content (AvgIpc) is 3.14. The minimum absolute atomic E-state index is 0.0576. The third-order valence-electron chi connectivity index (χ3n) is 5.42. The Hall–Kier alpha value is -4.35. The number of hydrogen-bond donors (Lipinski definition) is 1. The number of nitro groups is 1. The molecule has 3 aromatic rings. The third kappa shape index (κ3) is 5.02. The summed E-state index contributed by atoms with van der Waals surface area (Å²) in [6, 6.07) is 12.2. The van der Waals surface area contributed by atoms with Crippen LogP contribution in [0.1, 0.15) is 22.7 Å². The summed E-state index contributed by atoms with van der Waals surface area (Å²) in [7, 11) is 0. The highest BCUT2D eigenvalue weighted by Crippen LogP contribution is 2.39. The van der Waals surface area contributed by atoms with Crippen LogP contribution in [0.25, 0.3) is 0 Å². The number of hydrogen-bond acceptors (Lipinski definition) is 4. The van der Waals surface area contributed by atoms with Gasteiger partial charge in [0.2, 0.25) is 0 Å². The van der Waals surface area contributed by atoms with Gasteiger partial charge in [0.15, 0.2) is 0 Å². The molecular formula is C24H15F6N3O3. The van der Waals surface area contributed by atoms with Crippen molar-refractivity contribution >= 4 is 23.0 Å². The molecule has 6 nitrogen and oxygen atoms in total. The Morgan fingerprint density at radius 2 is 1.42 bits per heavy atom. The largest absolute Gasteiger partial charge is 0.416 e. The molecule has 3 aromatic carbocycles. The van der Waals surface area contributed by atoms with Crippen LogP contribution in [0.4, 0.5) is 43.4 Å². The highest BCUT2D eigenvalue weighted by atomic mass is 19.4. The number of nitro benzene ring substituents is 1. The van der Waals surface area contributed by atoms with Crippen LogP contribution in [0.2, 0.25) is 0 Å². The van der Waals surface area contributed by atoms with Crippen molar-refractivity contribution in [2.24, 2.45) is 0 Å².